The third-order valence-electron chi connectivity index (χ3n) is 2.62. The summed E-state index contributed by atoms with van der Waals surface area (Å²) in [5, 5.41) is 0. The van der Waals surface area contributed by atoms with Crippen molar-refractivity contribution in [2.24, 2.45) is 5.73 Å². The van der Waals surface area contributed by atoms with E-state index in [-0.39, 0.29) is 0 Å². The molecule has 0 amide bonds. The van der Waals surface area contributed by atoms with Gasteiger partial charge in [0.05, 0.1) is 6.61 Å². The predicted molar refractivity (Wildman–Crippen MR) is 60.7 cm³/mol. The number of hydrogen-bond donors (Lipinski definition) is 1. The van der Waals surface area contributed by atoms with Gasteiger partial charge in [-0.25, -0.2) is 0 Å². The third kappa shape index (κ3) is 1.79. The Morgan fingerprint density at radius 1 is 1.50 bits per heavy atom. The predicted octanol–water partition coefficient (Wildman–Crippen LogP) is 2.66. The van der Waals surface area contributed by atoms with Crippen LogP contribution < -0.4 is 10.5 Å². The van der Waals surface area contributed by atoms with E-state index < -0.39 is 0 Å². The maximum atomic E-state index is 5.62. The first-order chi connectivity index (χ1) is 6.83. The Morgan fingerprint density at radius 3 is 3.14 bits per heavy atom. The zero-order chi connectivity index (χ0) is 9.97. The molecule has 1 unspecified atom stereocenters. The fourth-order valence-corrected chi connectivity index (χ4v) is 2.58. The molecule has 1 aromatic carbocycles. The smallest absolute Gasteiger partial charge is 0.124 e. The van der Waals surface area contributed by atoms with Gasteiger partial charge >= 0.3 is 0 Å². The van der Waals surface area contributed by atoms with Crippen LogP contribution in [-0.2, 0) is 0 Å². The molecule has 0 bridgehead atoms. The molecule has 0 spiro atoms. The van der Waals surface area contributed by atoms with Gasteiger partial charge in [-0.3, -0.25) is 0 Å². The summed E-state index contributed by atoms with van der Waals surface area (Å²) in [6, 6.07) is 6.11. The summed E-state index contributed by atoms with van der Waals surface area (Å²) in [6.07, 6.45) is 2.18. The number of rotatable bonds is 3. The lowest BCUT2D eigenvalue weighted by molar-refractivity contribution is 0.324. The minimum atomic E-state index is 0.518. The van der Waals surface area contributed by atoms with E-state index in [9.17, 15) is 0 Å². The Labute approximate surface area is 92.6 Å². The van der Waals surface area contributed by atoms with E-state index in [0.717, 1.165) is 36.2 Å². The molecule has 0 aromatic heterocycles. The first-order valence-electron chi connectivity index (χ1n) is 4.94. The molecule has 1 atom stereocenters. The van der Waals surface area contributed by atoms with E-state index in [2.05, 4.69) is 22.0 Å². The molecule has 0 aliphatic carbocycles. The summed E-state index contributed by atoms with van der Waals surface area (Å²) in [5.41, 5.74) is 6.83. The van der Waals surface area contributed by atoms with Crippen molar-refractivity contribution < 1.29 is 4.74 Å². The van der Waals surface area contributed by atoms with Crippen molar-refractivity contribution in [2.45, 2.75) is 18.8 Å². The summed E-state index contributed by atoms with van der Waals surface area (Å²) in [4.78, 5) is 0. The lowest BCUT2D eigenvalue weighted by Gasteiger charge is -2.08. The lowest BCUT2D eigenvalue weighted by atomic mass is 9.96. The van der Waals surface area contributed by atoms with Crippen molar-refractivity contribution in [2.75, 3.05) is 13.2 Å². The van der Waals surface area contributed by atoms with Crippen LogP contribution in [0.4, 0.5) is 0 Å². The number of hydrogen-bond acceptors (Lipinski definition) is 2. The maximum absolute atomic E-state index is 5.62. The second kappa shape index (κ2) is 4.32. The molecule has 1 aliphatic heterocycles. The van der Waals surface area contributed by atoms with Crippen molar-refractivity contribution in [1.29, 1.82) is 0 Å². The van der Waals surface area contributed by atoms with Crippen LogP contribution in [0, 0.1) is 0 Å². The molecule has 76 valence electrons. The first-order valence-corrected chi connectivity index (χ1v) is 5.73. The van der Waals surface area contributed by atoms with Crippen molar-refractivity contribution in [3.63, 3.8) is 0 Å². The molecule has 2 N–H and O–H groups in total. The molecular formula is C11H14BrNO. The highest BCUT2D eigenvalue weighted by molar-refractivity contribution is 9.10. The van der Waals surface area contributed by atoms with Crippen molar-refractivity contribution in [3.8, 4) is 5.75 Å². The van der Waals surface area contributed by atoms with Gasteiger partial charge in [0.1, 0.15) is 5.75 Å². The standard InChI is InChI=1S/C11H14BrNO/c12-9-4-1-5-10-11(9)8(7-14-10)3-2-6-13/h1,4-5,8H,2-3,6-7,13H2. The van der Waals surface area contributed by atoms with Gasteiger partial charge in [0, 0.05) is 16.0 Å². The number of ether oxygens (including phenoxy) is 1. The van der Waals surface area contributed by atoms with Crippen LogP contribution in [0.1, 0.15) is 24.3 Å². The largest absolute Gasteiger partial charge is 0.493 e. The van der Waals surface area contributed by atoms with Gasteiger partial charge in [0.15, 0.2) is 0 Å². The highest BCUT2D eigenvalue weighted by Crippen LogP contribution is 2.40. The monoisotopic (exact) mass is 255 g/mol. The van der Waals surface area contributed by atoms with Gasteiger partial charge in [-0.05, 0) is 31.5 Å². The van der Waals surface area contributed by atoms with Crippen molar-refractivity contribution in [3.05, 3.63) is 28.2 Å². The van der Waals surface area contributed by atoms with Gasteiger partial charge < -0.3 is 10.5 Å². The first kappa shape index (κ1) is 9.99. The molecule has 0 radical (unpaired) electrons. The minimum absolute atomic E-state index is 0.518. The Hall–Kier alpha value is -0.540. The van der Waals surface area contributed by atoms with E-state index in [1.165, 1.54) is 5.56 Å². The number of nitrogens with two attached hydrogens (primary N) is 1. The number of benzene rings is 1. The average molecular weight is 256 g/mol. The van der Waals surface area contributed by atoms with Crippen LogP contribution in [0.5, 0.6) is 5.75 Å². The zero-order valence-electron chi connectivity index (χ0n) is 8.00. The van der Waals surface area contributed by atoms with E-state index in [0.29, 0.717) is 5.92 Å². The Morgan fingerprint density at radius 2 is 2.36 bits per heavy atom. The topological polar surface area (TPSA) is 35.2 Å². The summed E-state index contributed by atoms with van der Waals surface area (Å²) in [6.45, 7) is 1.56. The number of fused-ring (bicyclic) bond motifs is 1. The molecule has 1 heterocycles. The molecule has 14 heavy (non-hydrogen) atoms. The summed E-state index contributed by atoms with van der Waals surface area (Å²) in [5.74, 6) is 1.55. The van der Waals surface area contributed by atoms with Crippen LogP contribution in [0.15, 0.2) is 22.7 Å². The fraction of sp³-hybridized carbons (Fsp3) is 0.455. The van der Waals surface area contributed by atoms with Crippen LogP contribution >= 0.6 is 15.9 Å². The number of halogens is 1. The Bertz CT molecular complexity index is 327. The van der Waals surface area contributed by atoms with Crippen molar-refractivity contribution >= 4 is 15.9 Å². The molecular weight excluding hydrogens is 242 g/mol. The highest BCUT2D eigenvalue weighted by Gasteiger charge is 2.25. The molecule has 2 nitrogen and oxygen atoms in total. The normalized spacial score (nSPS) is 19.1. The minimum Gasteiger partial charge on any atom is -0.493 e. The van der Waals surface area contributed by atoms with Gasteiger partial charge in [0.25, 0.3) is 0 Å². The van der Waals surface area contributed by atoms with E-state index in [1.807, 2.05) is 12.1 Å². The quantitative estimate of drug-likeness (QED) is 0.902. The highest BCUT2D eigenvalue weighted by atomic mass is 79.9. The molecule has 3 heteroatoms. The van der Waals surface area contributed by atoms with Crippen LogP contribution in [-0.4, -0.2) is 13.2 Å². The lowest BCUT2D eigenvalue weighted by Crippen LogP contribution is -2.05. The van der Waals surface area contributed by atoms with Crippen LogP contribution in [0.2, 0.25) is 0 Å². The Balaban J connectivity index is 2.20. The second-order valence-electron chi connectivity index (χ2n) is 3.59. The summed E-state index contributed by atoms with van der Waals surface area (Å²) < 4.78 is 6.78. The van der Waals surface area contributed by atoms with Crippen LogP contribution in [0.25, 0.3) is 0 Å². The maximum Gasteiger partial charge on any atom is 0.124 e. The van der Waals surface area contributed by atoms with Gasteiger partial charge in [-0.1, -0.05) is 22.0 Å². The summed E-state index contributed by atoms with van der Waals surface area (Å²) in [7, 11) is 0. The molecule has 0 saturated heterocycles. The van der Waals surface area contributed by atoms with Gasteiger partial charge in [-0.2, -0.15) is 0 Å². The van der Waals surface area contributed by atoms with E-state index in [1.54, 1.807) is 0 Å². The summed E-state index contributed by atoms with van der Waals surface area (Å²) >= 11 is 3.57. The zero-order valence-corrected chi connectivity index (χ0v) is 9.59. The van der Waals surface area contributed by atoms with Gasteiger partial charge in [0.2, 0.25) is 0 Å². The third-order valence-corrected chi connectivity index (χ3v) is 3.31. The molecule has 0 fully saturated rings. The molecule has 1 aliphatic rings. The average Bonchev–Trinajstić information content (AvgIpc) is 2.59. The SMILES string of the molecule is NCCCC1COc2cccc(Br)c21. The van der Waals surface area contributed by atoms with E-state index >= 15 is 0 Å². The molecule has 1 aromatic rings. The fourth-order valence-electron chi connectivity index (χ4n) is 1.90. The Kier molecular flexibility index (Phi) is 3.08. The molecule has 2 rings (SSSR count). The van der Waals surface area contributed by atoms with Crippen molar-refractivity contribution in [1.82, 2.24) is 0 Å². The second-order valence-corrected chi connectivity index (χ2v) is 4.44. The van der Waals surface area contributed by atoms with Gasteiger partial charge in [-0.15, -0.1) is 0 Å². The van der Waals surface area contributed by atoms with Crippen LogP contribution in [0.3, 0.4) is 0 Å². The van der Waals surface area contributed by atoms with E-state index in [4.69, 9.17) is 10.5 Å². The molecule has 0 saturated carbocycles.